The first-order chi connectivity index (χ1) is 8.30. The van der Waals surface area contributed by atoms with Crippen LogP contribution in [0.15, 0.2) is 12.3 Å². The highest BCUT2D eigenvalue weighted by Gasteiger charge is 2.23. The minimum Gasteiger partial charge on any atom is -0.265 e. The van der Waals surface area contributed by atoms with Crippen molar-refractivity contribution in [1.82, 2.24) is 19.7 Å². The summed E-state index contributed by atoms with van der Waals surface area (Å²) in [5.74, 6) is 0.616. The Morgan fingerprint density at radius 1 is 1.28 bits per heavy atom. The van der Waals surface area contributed by atoms with E-state index in [0.717, 1.165) is 15.0 Å². The van der Waals surface area contributed by atoms with Crippen LogP contribution in [0.2, 0.25) is 5.15 Å². The Morgan fingerprint density at radius 2 is 1.94 bits per heavy atom. The van der Waals surface area contributed by atoms with E-state index in [4.69, 9.17) is 11.6 Å². The van der Waals surface area contributed by atoms with Crippen molar-refractivity contribution in [2.24, 2.45) is 7.05 Å². The highest BCUT2D eigenvalue weighted by atomic mass is 127. The van der Waals surface area contributed by atoms with E-state index >= 15 is 0 Å². The lowest BCUT2D eigenvalue weighted by atomic mass is 9.92. The molecule has 0 aliphatic heterocycles. The van der Waals surface area contributed by atoms with Crippen molar-refractivity contribution >= 4 is 34.2 Å². The van der Waals surface area contributed by atoms with Crippen LogP contribution in [-0.4, -0.2) is 19.7 Å². The van der Waals surface area contributed by atoms with E-state index < -0.39 is 0 Å². The van der Waals surface area contributed by atoms with Gasteiger partial charge < -0.3 is 0 Å². The monoisotopic (exact) mass is 376 g/mol. The third kappa shape index (κ3) is 2.51. The molecule has 0 aliphatic rings. The Balaban J connectivity index is 2.66. The molecule has 2 aromatic rings. The fourth-order valence-electron chi connectivity index (χ4n) is 1.62. The highest BCUT2D eigenvalue weighted by molar-refractivity contribution is 14.1. The summed E-state index contributed by atoms with van der Waals surface area (Å²) in [6, 6.07) is 1.88. The molecule has 0 saturated carbocycles. The van der Waals surface area contributed by atoms with E-state index in [1.165, 1.54) is 0 Å². The fourth-order valence-corrected chi connectivity index (χ4v) is 2.84. The molecule has 0 spiro atoms. The van der Waals surface area contributed by atoms with E-state index in [2.05, 4.69) is 58.4 Å². The van der Waals surface area contributed by atoms with Crippen molar-refractivity contribution in [3.8, 4) is 11.5 Å². The molecule has 0 bridgehead atoms. The molecule has 2 rings (SSSR count). The molecule has 96 valence electrons. The van der Waals surface area contributed by atoms with Crippen molar-refractivity contribution in [2.45, 2.75) is 26.2 Å². The fraction of sp³-hybridized carbons (Fsp3) is 0.417. The van der Waals surface area contributed by atoms with Gasteiger partial charge in [-0.25, -0.2) is 9.97 Å². The van der Waals surface area contributed by atoms with Gasteiger partial charge in [-0.15, -0.1) is 0 Å². The Bertz CT molecular complexity index is 586. The van der Waals surface area contributed by atoms with Gasteiger partial charge in [0.1, 0.15) is 10.8 Å². The average molecular weight is 377 g/mol. The Morgan fingerprint density at radius 3 is 2.44 bits per heavy atom. The lowest BCUT2D eigenvalue weighted by Gasteiger charge is -2.20. The molecular weight excluding hydrogens is 363 g/mol. The summed E-state index contributed by atoms with van der Waals surface area (Å²) in [4.78, 5) is 8.98. The first kappa shape index (κ1) is 13.7. The largest absolute Gasteiger partial charge is 0.265 e. The zero-order valence-corrected chi connectivity index (χ0v) is 13.6. The Hall–Kier alpha value is -0.690. The number of hydrogen-bond acceptors (Lipinski definition) is 3. The zero-order chi connectivity index (χ0) is 13.5. The summed E-state index contributed by atoms with van der Waals surface area (Å²) in [7, 11) is 1.86. The van der Waals surface area contributed by atoms with Crippen molar-refractivity contribution in [3.05, 3.63) is 26.7 Å². The van der Waals surface area contributed by atoms with Crippen LogP contribution in [0, 0.1) is 3.57 Å². The summed E-state index contributed by atoms with van der Waals surface area (Å²) in [6.07, 6.45) is 1.72. The SMILES string of the molecule is Cn1nccc1-c1nc(Cl)c(I)c(C(C)(C)C)n1. The molecule has 6 heteroatoms. The summed E-state index contributed by atoms with van der Waals surface area (Å²) >= 11 is 8.40. The lowest BCUT2D eigenvalue weighted by Crippen LogP contribution is -2.17. The van der Waals surface area contributed by atoms with Gasteiger partial charge in [0.2, 0.25) is 0 Å². The number of aryl methyl sites for hydroxylation is 1. The molecule has 0 amide bonds. The highest BCUT2D eigenvalue weighted by Crippen LogP contribution is 2.31. The van der Waals surface area contributed by atoms with Gasteiger partial charge >= 0.3 is 0 Å². The number of hydrogen-bond donors (Lipinski definition) is 0. The van der Waals surface area contributed by atoms with Crippen LogP contribution in [0.3, 0.4) is 0 Å². The van der Waals surface area contributed by atoms with Gasteiger partial charge in [-0.1, -0.05) is 32.4 Å². The third-order valence-electron chi connectivity index (χ3n) is 2.57. The molecule has 0 atom stereocenters. The van der Waals surface area contributed by atoms with Gasteiger partial charge in [0.25, 0.3) is 0 Å². The standard InChI is InChI=1S/C12H14ClIN4/c1-12(2,3)9-8(14)10(13)17-11(16-9)7-5-6-15-18(7)4/h5-6H,1-4H3. The molecule has 0 N–H and O–H groups in total. The number of aromatic nitrogens is 4. The molecule has 0 radical (unpaired) electrons. The second-order valence-corrected chi connectivity index (χ2v) is 6.53. The molecular formula is C12H14ClIN4. The van der Waals surface area contributed by atoms with E-state index in [1.54, 1.807) is 10.9 Å². The van der Waals surface area contributed by atoms with E-state index in [0.29, 0.717) is 11.0 Å². The molecule has 2 heterocycles. The number of rotatable bonds is 1. The Kier molecular flexibility index (Phi) is 3.64. The van der Waals surface area contributed by atoms with Crippen LogP contribution < -0.4 is 0 Å². The van der Waals surface area contributed by atoms with Gasteiger partial charge in [0, 0.05) is 18.7 Å². The molecule has 0 unspecified atom stereocenters. The van der Waals surface area contributed by atoms with Gasteiger partial charge in [-0.2, -0.15) is 5.10 Å². The number of halogens is 2. The summed E-state index contributed by atoms with van der Waals surface area (Å²) < 4.78 is 2.65. The molecule has 0 aromatic carbocycles. The first-order valence-corrected chi connectivity index (χ1v) is 6.98. The normalized spacial score (nSPS) is 11.9. The Labute approximate surface area is 125 Å². The maximum absolute atomic E-state index is 6.21. The molecule has 2 aromatic heterocycles. The van der Waals surface area contributed by atoms with E-state index in [-0.39, 0.29) is 5.41 Å². The lowest BCUT2D eigenvalue weighted by molar-refractivity contribution is 0.563. The van der Waals surface area contributed by atoms with Crippen molar-refractivity contribution < 1.29 is 0 Å². The van der Waals surface area contributed by atoms with Crippen LogP contribution in [-0.2, 0) is 12.5 Å². The molecule has 18 heavy (non-hydrogen) atoms. The van der Waals surface area contributed by atoms with Crippen LogP contribution in [0.25, 0.3) is 11.5 Å². The van der Waals surface area contributed by atoms with Gasteiger partial charge in [-0.05, 0) is 28.7 Å². The maximum Gasteiger partial charge on any atom is 0.179 e. The zero-order valence-electron chi connectivity index (χ0n) is 10.7. The predicted molar refractivity (Wildman–Crippen MR) is 80.7 cm³/mol. The van der Waals surface area contributed by atoms with Gasteiger partial charge in [-0.3, -0.25) is 4.68 Å². The first-order valence-electron chi connectivity index (χ1n) is 5.52. The van der Waals surface area contributed by atoms with Gasteiger partial charge in [0.05, 0.1) is 9.26 Å². The second-order valence-electron chi connectivity index (χ2n) is 5.09. The van der Waals surface area contributed by atoms with Crippen molar-refractivity contribution in [2.75, 3.05) is 0 Å². The van der Waals surface area contributed by atoms with Crippen molar-refractivity contribution in [1.29, 1.82) is 0 Å². The smallest absolute Gasteiger partial charge is 0.179 e. The maximum atomic E-state index is 6.21. The van der Waals surface area contributed by atoms with Crippen LogP contribution in [0.4, 0.5) is 0 Å². The second kappa shape index (κ2) is 4.77. The van der Waals surface area contributed by atoms with Crippen LogP contribution in [0.5, 0.6) is 0 Å². The minimum absolute atomic E-state index is 0.0730. The molecule has 0 aliphatic carbocycles. The van der Waals surface area contributed by atoms with Crippen molar-refractivity contribution in [3.63, 3.8) is 0 Å². The quantitative estimate of drug-likeness (QED) is 0.566. The van der Waals surface area contributed by atoms with E-state index in [1.807, 2.05) is 13.1 Å². The average Bonchev–Trinajstić information content (AvgIpc) is 2.66. The third-order valence-corrected chi connectivity index (χ3v) is 4.19. The summed E-state index contributed by atoms with van der Waals surface area (Å²) in [6.45, 7) is 6.34. The van der Waals surface area contributed by atoms with E-state index in [9.17, 15) is 0 Å². The van der Waals surface area contributed by atoms with Gasteiger partial charge in [0.15, 0.2) is 5.82 Å². The summed E-state index contributed by atoms with van der Waals surface area (Å²) in [5, 5.41) is 4.62. The molecule has 0 fully saturated rings. The number of nitrogens with zero attached hydrogens (tertiary/aromatic N) is 4. The molecule has 4 nitrogen and oxygen atoms in total. The van der Waals surface area contributed by atoms with Crippen LogP contribution in [0.1, 0.15) is 26.5 Å². The summed E-state index contributed by atoms with van der Waals surface area (Å²) in [5.41, 5.74) is 1.74. The molecule has 0 saturated heterocycles. The predicted octanol–water partition coefficient (Wildman–Crippen LogP) is 3.43. The minimum atomic E-state index is -0.0730. The van der Waals surface area contributed by atoms with Crippen LogP contribution >= 0.6 is 34.2 Å². The topological polar surface area (TPSA) is 43.6 Å².